The molecule has 0 spiro atoms. The van der Waals surface area contributed by atoms with E-state index >= 15 is 0 Å². The highest BCUT2D eigenvalue weighted by Gasteiger charge is 2.17. The number of carbonyl (C=O) groups is 1. The summed E-state index contributed by atoms with van der Waals surface area (Å²) in [7, 11) is 1.46. The summed E-state index contributed by atoms with van der Waals surface area (Å²) in [6, 6.07) is 13.3. The zero-order valence-corrected chi connectivity index (χ0v) is 17.3. The van der Waals surface area contributed by atoms with Gasteiger partial charge in [-0.1, -0.05) is 47.5 Å². The number of nitrogens with one attached hydrogen (secondary N) is 2. The Morgan fingerprint density at radius 2 is 1.75 bits per heavy atom. The van der Waals surface area contributed by atoms with Gasteiger partial charge in [0, 0.05) is 16.6 Å². The van der Waals surface area contributed by atoms with E-state index in [2.05, 4.69) is 28.8 Å². The Hall–Kier alpha value is -2.34. The van der Waals surface area contributed by atoms with E-state index in [-0.39, 0.29) is 15.2 Å². The minimum absolute atomic E-state index is 0.201. The van der Waals surface area contributed by atoms with Crippen molar-refractivity contribution in [3.8, 4) is 5.75 Å². The van der Waals surface area contributed by atoms with Crippen molar-refractivity contribution in [3.05, 3.63) is 69.2 Å². The first kappa shape index (κ1) is 19.0. The smallest absolute Gasteiger partial charge is 0.257 e. The number of ether oxygens (including phenoxy) is 1. The molecule has 3 aromatic rings. The monoisotopic (exact) mass is 430 g/mol. The number of halogens is 2. The fourth-order valence-corrected chi connectivity index (χ4v) is 4.41. The molecule has 1 aliphatic rings. The normalized spacial score (nSPS) is 12.1. The molecule has 1 amide bonds. The Bertz CT molecular complexity index is 1100. The summed E-state index contributed by atoms with van der Waals surface area (Å²) in [5, 5.41) is 8.88. The maximum Gasteiger partial charge on any atom is 0.257 e. The van der Waals surface area contributed by atoms with Gasteiger partial charge in [-0.3, -0.25) is 10.1 Å². The van der Waals surface area contributed by atoms with Gasteiger partial charge >= 0.3 is 0 Å². The fraction of sp³-hybridized carbons (Fsp3) is 0.143. The number of amides is 1. The molecule has 0 radical (unpaired) electrons. The largest absolute Gasteiger partial charge is 0.494 e. The molecule has 0 atom stereocenters. The molecule has 7 heteroatoms. The van der Waals surface area contributed by atoms with E-state index in [4.69, 9.17) is 40.2 Å². The van der Waals surface area contributed by atoms with Crippen LogP contribution in [-0.2, 0) is 12.8 Å². The van der Waals surface area contributed by atoms with Gasteiger partial charge in [-0.2, -0.15) is 0 Å². The van der Waals surface area contributed by atoms with Crippen LogP contribution in [-0.4, -0.2) is 18.1 Å². The molecule has 142 valence electrons. The van der Waals surface area contributed by atoms with Crippen molar-refractivity contribution in [3.63, 3.8) is 0 Å². The first-order valence-electron chi connectivity index (χ1n) is 8.67. The van der Waals surface area contributed by atoms with Crippen molar-refractivity contribution in [1.82, 2.24) is 5.32 Å². The molecule has 28 heavy (non-hydrogen) atoms. The molecule has 4 rings (SSSR count). The predicted octanol–water partition coefficient (Wildman–Crippen LogP) is 5.38. The Kier molecular flexibility index (Phi) is 5.15. The Morgan fingerprint density at radius 3 is 2.43 bits per heavy atom. The number of benzene rings is 3. The molecule has 3 aromatic carbocycles. The SMILES string of the molecule is COc1c(Cl)cc(C(=O)NC(=S)Nc2ccc3c4c(cccc24)CC3)cc1Cl. The highest BCUT2D eigenvalue weighted by Crippen LogP contribution is 2.35. The number of hydrogen-bond donors (Lipinski definition) is 2. The van der Waals surface area contributed by atoms with Crippen LogP contribution in [0.2, 0.25) is 10.0 Å². The van der Waals surface area contributed by atoms with E-state index in [9.17, 15) is 4.79 Å². The van der Waals surface area contributed by atoms with Crippen molar-refractivity contribution in [2.75, 3.05) is 12.4 Å². The van der Waals surface area contributed by atoms with E-state index in [1.807, 2.05) is 12.1 Å². The molecule has 2 N–H and O–H groups in total. The average molecular weight is 431 g/mol. The quantitative estimate of drug-likeness (QED) is 0.547. The van der Waals surface area contributed by atoms with Crippen LogP contribution in [0.3, 0.4) is 0 Å². The second kappa shape index (κ2) is 7.59. The van der Waals surface area contributed by atoms with Crippen LogP contribution in [0.15, 0.2) is 42.5 Å². The van der Waals surface area contributed by atoms with E-state index < -0.39 is 5.91 Å². The minimum Gasteiger partial charge on any atom is -0.494 e. The van der Waals surface area contributed by atoms with E-state index in [1.165, 1.54) is 35.8 Å². The van der Waals surface area contributed by atoms with Crippen molar-refractivity contribution < 1.29 is 9.53 Å². The lowest BCUT2D eigenvalue weighted by molar-refractivity contribution is 0.0977. The van der Waals surface area contributed by atoms with Crippen molar-refractivity contribution in [2.24, 2.45) is 0 Å². The fourth-order valence-electron chi connectivity index (χ4n) is 3.57. The molecular weight excluding hydrogens is 415 g/mol. The van der Waals surface area contributed by atoms with Gasteiger partial charge in [-0.15, -0.1) is 0 Å². The van der Waals surface area contributed by atoms with Crippen molar-refractivity contribution in [2.45, 2.75) is 12.8 Å². The summed E-state index contributed by atoms with van der Waals surface area (Å²) in [5.41, 5.74) is 3.83. The van der Waals surface area contributed by atoms with Crippen LogP contribution in [0, 0.1) is 0 Å². The van der Waals surface area contributed by atoms with Gasteiger partial charge in [-0.05, 0) is 59.8 Å². The molecule has 0 fully saturated rings. The molecule has 0 heterocycles. The number of carbonyl (C=O) groups excluding carboxylic acids is 1. The molecule has 0 aromatic heterocycles. The standard InChI is InChI=1S/C21H16Cl2N2O2S/c1-27-19-15(22)9-13(10-16(19)23)20(26)25-21(28)24-17-8-7-12-6-5-11-3-2-4-14(17)18(11)12/h2-4,7-10H,5-6H2,1H3,(H2,24,25,26,28). The van der Waals surface area contributed by atoms with Gasteiger partial charge in [0.15, 0.2) is 10.9 Å². The third-order valence-corrected chi connectivity index (χ3v) is 5.58. The highest BCUT2D eigenvalue weighted by atomic mass is 35.5. The second-order valence-electron chi connectivity index (χ2n) is 6.49. The molecule has 0 saturated heterocycles. The lowest BCUT2D eigenvalue weighted by atomic mass is 10.0. The first-order valence-corrected chi connectivity index (χ1v) is 9.83. The Balaban J connectivity index is 1.54. The maximum atomic E-state index is 12.5. The summed E-state index contributed by atoms with van der Waals surface area (Å²) in [6.45, 7) is 0. The minimum atomic E-state index is -0.408. The molecule has 0 aliphatic heterocycles. The second-order valence-corrected chi connectivity index (χ2v) is 7.72. The number of hydrogen-bond acceptors (Lipinski definition) is 3. The summed E-state index contributed by atoms with van der Waals surface area (Å²) >= 11 is 17.6. The summed E-state index contributed by atoms with van der Waals surface area (Å²) in [6.07, 6.45) is 2.10. The molecule has 1 aliphatic carbocycles. The topological polar surface area (TPSA) is 50.4 Å². The van der Waals surface area contributed by atoms with E-state index in [0.29, 0.717) is 11.3 Å². The lowest BCUT2D eigenvalue weighted by Gasteiger charge is -2.14. The lowest BCUT2D eigenvalue weighted by Crippen LogP contribution is -2.34. The predicted molar refractivity (Wildman–Crippen MR) is 118 cm³/mol. The van der Waals surface area contributed by atoms with Crippen molar-refractivity contribution in [1.29, 1.82) is 0 Å². The van der Waals surface area contributed by atoms with Gasteiger partial charge in [0.1, 0.15) is 0 Å². The third-order valence-electron chi connectivity index (χ3n) is 4.82. The van der Waals surface area contributed by atoms with E-state index in [0.717, 1.165) is 23.9 Å². The van der Waals surface area contributed by atoms with Crippen LogP contribution in [0.25, 0.3) is 10.8 Å². The molecule has 4 nitrogen and oxygen atoms in total. The van der Waals surface area contributed by atoms with Crippen LogP contribution in [0.1, 0.15) is 21.5 Å². The maximum absolute atomic E-state index is 12.5. The van der Waals surface area contributed by atoms with Gasteiger partial charge in [0.25, 0.3) is 5.91 Å². The summed E-state index contributed by atoms with van der Waals surface area (Å²) in [5.74, 6) is -0.0802. The van der Waals surface area contributed by atoms with Gasteiger partial charge in [-0.25, -0.2) is 0 Å². The zero-order chi connectivity index (χ0) is 19.8. The van der Waals surface area contributed by atoms with Crippen LogP contribution < -0.4 is 15.4 Å². The van der Waals surface area contributed by atoms with Gasteiger partial charge < -0.3 is 10.1 Å². The Labute approximate surface area is 177 Å². The van der Waals surface area contributed by atoms with Crippen LogP contribution in [0.5, 0.6) is 5.75 Å². The van der Waals surface area contributed by atoms with E-state index in [1.54, 1.807) is 0 Å². The molecule has 0 saturated carbocycles. The number of rotatable bonds is 3. The Morgan fingerprint density at radius 1 is 1.07 bits per heavy atom. The summed E-state index contributed by atoms with van der Waals surface area (Å²) < 4.78 is 5.10. The first-order chi connectivity index (χ1) is 13.5. The van der Waals surface area contributed by atoms with Crippen molar-refractivity contribution >= 4 is 62.9 Å². The summed E-state index contributed by atoms with van der Waals surface area (Å²) in [4.78, 5) is 12.5. The molecular formula is C21H16Cl2N2O2S. The third kappa shape index (κ3) is 3.41. The van der Waals surface area contributed by atoms with Gasteiger partial charge in [0.05, 0.1) is 17.2 Å². The molecule has 0 unspecified atom stereocenters. The highest BCUT2D eigenvalue weighted by molar-refractivity contribution is 7.80. The van der Waals surface area contributed by atoms with Gasteiger partial charge in [0.2, 0.25) is 0 Å². The average Bonchev–Trinajstić information content (AvgIpc) is 3.08. The van der Waals surface area contributed by atoms with Crippen LogP contribution >= 0.6 is 35.4 Å². The number of aryl methyl sites for hydroxylation is 2. The number of methoxy groups -OCH3 is 1. The zero-order valence-electron chi connectivity index (χ0n) is 14.9. The number of thiocarbonyl (C=S) groups is 1. The number of anilines is 1. The van der Waals surface area contributed by atoms with Crippen LogP contribution in [0.4, 0.5) is 5.69 Å². The molecule has 0 bridgehead atoms.